The van der Waals surface area contributed by atoms with E-state index < -0.39 is 0 Å². The SMILES string of the molecule is O=C(CCN1CCCCC1)Nc1cccc(Cl)c1Cl. The molecule has 0 bridgehead atoms. The molecule has 1 amide bonds. The molecule has 104 valence electrons. The maximum atomic E-state index is 11.9. The fourth-order valence-corrected chi connectivity index (χ4v) is 2.60. The molecule has 5 heteroatoms. The van der Waals surface area contributed by atoms with Gasteiger partial charge < -0.3 is 10.2 Å². The van der Waals surface area contributed by atoms with Crippen molar-refractivity contribution in [3.63, 3.8) is 0 Å². The van der Waals surface area contributed by atoms with Crippen molar-refractivity contribution in [3.8, 4) is 0 Å². The summed E-state index contributed by atoms with van der Waals surface area (Å²) in [6, 6.07) is 5.23. The van der Waals surface area contributed by atoms with Crippen molar-refractivity contribution in [2.75, 3.05) is 25.0 Å². The Labute approximate surface area is 123 Å². The Morgan fingerprint density at radius 3 is 2.68 bits per heavy atom. The number of likely N-dealkylation sites (tertiary alicyclic amines) is 1. The average Bonchev–Trinajstić information content (AvgIpc) is 2.43. The maximum absolute atomic E-state index is 11.9. The van der Waals surface area contributed by atoms with Crippen molar-refractivity contribution in [2.24, 2.45) is 0 Å². The lowest BCUT2D eigenvalue weighted by atomic mass is 10.1. The molecular weight excluding hydrogens is 283 g/mol. The Balaban J connectivity index is 1.82. The molecule has 0 saturated carbocycles. The van der Waals surface area contributed by atoms with Gasteiger partial charge in [-0.15, -0.1) is 0 Å². The van der Waals surface area contributed by atoms with E-state index in [2.05, 4.69) is 10.2 Å². The van der Waals surface area contributed by atoms with Gasteiger partial charge in [0.1, 0.15) is 0 Å². The molecule has 1 aromatic carbocycles. The molecule has 0 aromatic heterocycles. The predicted molar refractivity (Wildman–Crippen MR) is 80.0 cm³/mol. The summed E-state index contributed by atoms with van der Waals surface area (Å²) in [4.78, 5) is 14.2. The minimum Gasteiger partial charge on any atom is -0.325 e. The molecule has 19 heavy (non-hydrogen) atoms. The van der Waals surface area contributed by atoms with Crippen LogP contribution in [-0.2, 0) is 4.79 Å². The van der Waals surface area contributed by atoms with Gasteiger partial charge >= 0.3 is 0 Å². The van der Waals surface area contributed by atoms with E-state index in [4.69, 9.17) is 23.2 Å². The molecule has 1 aromatic rings. The topological polar surface area (TPSA) is 32.3 Å². The van der Waals surface area contributed by atoms with Gasteiger partial charge in [0, 0.05) is 13.0 Å². The first-order chi connectivity index (χ1) is 9.16. The number of rotatable bonds is 4. The molecule has 1 aliphatic rings. The minimum absolute atomic E-state index is 0.0188. The van der Waals surface area contributed by atoms with E-state index in [1.807, 2.05) is 0 Å². The largest absolute Gasteiger partial charge is 0.325 e. The van der Waals surface area contributed by atoms with Crippen LogP contribution in [0.2, 0.25) is 10.0 Å². The molecule has 1 saturated heterocycles. The molecule has 1 aliphatic heterocycles. The van der Waals surface area contributed by atoms with Gasteiger partial charge in [0.25, 0.3) is 0 Å². The van der Waals surface area contributed by atoms with Crippen molar-refractivity contribution in [1.82, 2.24) is 4.90 Å². The van der Waals surface area contributed by atoms with E-state index in [1.165, 1.54) is 19.3 Å². The third-order valence-electron chi connectivity index (χ3n) is 3.33. The number of carbonyl (C=O) groups is 1. The monoisotopic (exact) mass is 300 g/mol. The van der Waals surface area contributed by atoms with Crippen LogP contribution in [0.4, 0.5) is 5.69 Å². The summed E-state index contributed by atoms with van der Waals surface area (Å²) in [5, 5.41) is 3.66. The minimum atomic E-state index is -0.0188. The fraction of sp³-hybridized carbons (Fsp3) is 0.500. The van der Waals surface area contributed by atoms with Gasteiger partial charge in [-0.05, 0) is 38.1 Å². The Morgan fingerprint density at radius 2 is 1.95 bits per heavy atom. The summed E-state index contributed by atoms with van der Waals surface area (Å²) in [5.41, 5.74) is 0.581. The second-order valence-electron chi connectivity index (χ2n) is 4.80. The molecule has 0 aliphatic carbocycles. The zero-order valence-electron chi connectivity index (χ0n) is 10.8. The summed E-state index contributed by atoms with van der Waals surface area (Å²) in [6.45, 7) is 3.01. The number of hydrogen-bond donors (Lipinski definition) is 1. The van der Waals surface area contributed by atoms with E-state index in [-0.39, 0.29) is 5.91 Å². The average molecular weight is 301 g/mol. The van der Waals surface area contributed by atoms with Gasteiger partial charge in [-0.3, -0.25) is 4.79 Å². The Kier molecular flexibility index (Phi) is 5.49. The van der Waals surface area contributed by atoms with Crippen LogP contribution in [0.15, 0.2) is 18.2 Å². The second kappa shape index (κ2) is 7.13. The van der Waals surface area contributed by atoms with Gasteiger partial charge in [0.2, 0.25) is 5.91 Å². The lowest BCUT2D eigenvalue weighted by molar-refractivity contribution is -0.116. The lowest BCUT2D eigenvalue weighted by Crippen LogP contribution is -2.32. The van der Waals surface area contributed by atoms with Crippen molar-refractivity contribution < 1.29 is 4.79 Å². The van der Waals surface area contributed by atoms with E-state index in [1.54, 1.807) is 18.2 Å². The van der Waals surface area contributed by atoms with Gasteiger partial charge in [-0.25, -0.2) is 0 Å². The molecule has 0 atom stereocenters. The highest BCUT2D eigenvalue weighted by Gasteiger charge is 2.13. The second-order valence-corrected chi connectivity index (χ2v) is 5.59. The first kappa shape index (κ1) is 14.6. The molecular formula is C14H18Cl2N2O. The highest BCUT2D eigenvalue weighted by atomic mass is 35.5. The summed E-state index contributed by atoms with van der Waals surface area (Å²) in [6.07, 6.45) is 4.27. The number of amides is 1. The summed E-state index contributed by atoms with van der Waals surface area (Å²) in [7, 11) is 0. The maximum Gasteiger partial charge on any atom is 0.225 e. The smallest absolute Gasteiger partial charge is 0.225 e. The number of halogens is 2. The predicted octanol–water partition coefficient (Wildman–Crippen LogP) is 3.81. The third kappa shape index (κ3) is 4.37. The lowest BCUT2D eigenvalue weighted by Gasteiger charge is -2.25. The Hall–Kier alpha value is -0.770. The molecule has 0 unspecified atom stereocenters. The Morgan fingerprint density at radius 1 is 1.21 bits per heavy atom. The van der Waals surface area contributed by atoms with Gasteiger partial charge in [0.05, 0.1) is 15.7 Å². The standard InChI is InChI=1S/C14H18Cl2N2O/c15-11-5-4-6-12(14(11)16)17-13(19)7-10-18-8-2-1-3-9-18/h4-6H,1-3,7-10H2,(H,17,19). The molecule has 1 heterocycles. The number of carbonyl (C=O) groups excluding carboxylic acids is 1. The van der Waals surface area contributed by atoms with Crippen LogP contribution in [0, 0.1) is 0 Å². The van der Waals surface area contributed by atoms with Crippen molar-refractivity contribution in [2.45, 2.75) is 25.7 Å². The molecule has 0 spiro atoms. The van der Waals surface area contributed by atoms with E-state index in [0.717, 1.165) is 19.6 Å². The first-order valence-corrected chi connectivity index (χ1v) is 7.38. The van der Waals surface area contributed by atoms with E-state index in [9.17, 15) is 4.79 Å². The van der Waals surface area contributed by atoms with E-state index >= 15 is 0 Å². The zero-order valence-corrected chi connectivity index (χ0v) is 12.3. The quantitative estimate of drug-likeness (QED) is 0.917. The van der Waals surface area contributed by atoms with Crippen LogP contribution in [0.5, 0.6) is 0 Å². The third-order valence-corrected chi connectivity index (χ3v) is 4.15. The van der Waals surface area contributed by atoms with Gasteiger partial charge in [-0.1, -0.05) is 35.7 Å². The van der Waals surface area contributed by atoms with Crippen LogP contribution in [0.25, 0.3) is 0 Å². The molecule has 2 rings (SSSR count). The number of hydrogen-bond acceptors (Lipinski definition) is 2. The number of anilines is 1. The highest BCUT2D eigenvalue weighted by molar-refractivity contribution is 6.43. The Bertz CT molecular complexity index is 445. The van der Waals surface area contributed by atoms with Crippen LogP contribution in [0.3, 0.4) is 0 Å². The summed E-state index contributed by atoms with van der Waals surface area (Å²) in [5.74, 6) is -0.0188. The van der Waals surface area contributed by atoms with Crippen molar-refractivity contribution in [1.29, 1.82) is 0 Å². The number of piperidine rings is 1. The van der Waals surface area contributed by atoms with Crippen molar-refractivity contribution in [3.05, 3.63) is 28.2 Å². The number of benzene rings is 1. The van der Waals surface area contributed by atoms with Crippen molar-refractivity contribution >= 4 is 34.8 Å². The summed E-state index contributed by atoms with van der Waals surface area (Å²) < 4.78 is 0. The van der Waals surface area contributed by atoms with Crippen LogP contribution in [0.1, 0.15) is 25.7 Å². The van der Waals surface area contributed by atoms with Crippen LogP contribution >= 0.6 is 23.2 Å². The highest BCUT2D eigenvalue weighted by Crippen LogP contribution is 2.29. The molecule has 1 fully saturated rings. The first-order valence-electron chi connectivity index (χ1n) is 6.63. The van der Waals surface area contributed by atoms with Crippen LogP contribution in [-0.4, -0.2) is 30.4 Å². The summed E-state index contributed by atoms with van der Waals surface area (Å²) >= 11 is 11.9. The number of nitrogens with zero attached hydrogens (tertiary/aromatic N) is 1. The van der Waals surface area contributed by atoms with Gasteiger partial charge in [0.15, 0.2) is 0 Å². The molecule has 3 nitrogen and oxygen atoms in total. The van der Waals surface area contributed by atoms with Crippen LogP contribution < -0.4 is 5.32 Å². The zero-order chi connectivity index (χ0) is 13.7. The number of nitrogens with one attached hydrogen (secondary N) is 1. The van der Waals surface area contributed by atoms with Gasteiger partial charge in [-0.2, -0.15) is 0 Å². The fourth-order valence-electron chi connectivity index (χ4n) is 2.26. The molecule has 0 radical (unpaired) electrons. The molecule has 1 N–H and O–H groups in total. The van der Waals surface area contributed by atoms with E-state index in [0.29, 0.717) is 22.2 Å². The normalized spacial score (nSPS) is 16.3.